The van der Waals surface area contributed by atoms with Crippen LogP contribution >= 0.6 is 0 Å². The van der Waals surface area contributed by atoms with Crippen LogP contribution in [-0.2, 0) is 4.79 Å². The number of ether oxygens (including phenoxy) is 1. The molecular weight excluding hydrogens is 304 g/mol. The molecule has 1 N–H and O–H groups in total. The molecule has 0 fully saturated rings. The van der Waals surface area contributed by atoms with E-state index in [4.69, 9.17) is 9.15 Å². The van der Waals surface area contributed by atoms with Gasteiger partial charge in [-0.1, -0.05) is 30.3 Å². The molecule has 0 saturated heterocycles. The molecule has 0 aliphatic rings. The lowest BCUT2D eigenvalue weighted by Crippen LogP contribution is -2.33. The predicted molar refractivity (Wildman–Crippen MR) is 93.1 cm³/mol. The number of nitrogens with zero attached hydrogens (tertiary/aromatic N) is 1. The van der Waals surface area contributed by atoms with Crippen LogP contribution in [0.3, 0.4) is 0 Å². The molecule has 0 unspecified atom stereocenters. The summed E-state index contributed by atoms with van der Waals surface area (Å²) in [5, 5.41) is 6.21. The number of hydrogen-bond donors (Lipinski definition) is 1. The van der Waals surface area contributed by atoms with Crippen LogP contribution in [0.5, 0.6) is 5.75 Å². The molecule has 1 heterocycles. The molecule has 5 heteroatoms. The highest BCUT2D eigenvalue weighted by molar-refractivity contribution is 5.97. The highest BCUT2D eigenvalue weighted by atomic mass is 16.5. The number of fused-ring (bicyclic) bond motifs is 1. The Kier molecular flexibility index (Phi) is 4.61. The van der Waals surface area contributed by atoms with Crippen molar-refractivity contribution in [2.24, 2.45) is 5.10 Å². The van der Waals surface area contributed by atoms with Gasteiger partial charge in [-0.05, 0) is 48.9 Å². The van der Waals surface area contributed by atoms with Crippen molar-refractivity contribution in [3.63, 3.8) is 0 Å². The van der Waals surface area contributed by atoms with Crippen molar-refractivity contribution in [3.8, 4) is 5.75 Å². The molecular formula is C19H18N2O3. The van der Waals surface area contributed by atoms with Gasteiger partial charge in [-0.15, -0.1) is 0 Å². The van der Waals surface area contributed by atoms with Gasteiger partial charge in [0.25, 0.3) is 5.91 Å². The Labute approximate surface area is 139 Å². The smallest absolute Gasteiger partial charge is 0.280 e. The minimum atomic E-state index is -0.667. The summed E-state index contributed by atoms with van der Waals surface area (Å²) in [6.07, 6.45) is 0.890. The van der Waals surface area contributed by atoms with E-state index < -0.39 is 6.10 Å². The molecule has 0 saturated carbocycles. The molecule has 1 amide bonds. The van der Waals surface area contributed by atoms with E-state index >= 15 is 0 Å². The molecule has 0 bridgehead atoms. The van der Waals surface area contributed by atoms with Gasteiger partial charge < -0.3 is 9.15 Å². The van der Waals surface area contributed by atoms with Gasteiger partial charge in [-0.25, -0.2) is 5.43 Å². The van der Waals surface area contributed by atoms with Crippen molar-refractivity contribution in [1.82, 2.24) is 5.43 Å². The number of hydrazone groups is 1. The molecule has 0 spiro atoms. The lowest BCUT2D eigenvalue weighted by molar-refractivity contribution is -0.127. The van der Waals surface area contributed by atoms with Gasteiger partial charge in [-0.2, -0.15) is 5.10 Å². The number of carbonyl (C=O) groups excluding carboxylic acids is 1. The summed E-state index contributed by atoms with van der Waals surface area (Å²) in [4.78, 5) is 12.1. The maximum Gasteiger partial charge on any atom is 0.280 e. The Morgan fingerprint density at radius 2 is 1.92 bits per heavy atom. The summed E-state index contributed by atoms with van der Waals surface area (Å²) in [5.74, 6) is 0.926. The lowest BCUT2D eigenvalue weighted by Gasteiger charge is -2.13. The van der Waals surface area contributed by atoms with Crippen molar-refractivity contribution in [2.45, 2.75) is 20.0 Å². The fourth-order valence-electron chi connectivity index (χ4n) is 2.27. The Hall–Kier alpha value is -3.08. The maximum absolute atomic E-state index is 12.1. The molecule has 0 aliphatic heterocycles. The zero-order valence-electron chi connectivity index (χ0n) is 13.5. The summed E-state index contributed by atoms with van der Waals surface area (Å²) in [6, 6.07) is 17.3. The molecule has 1 aromatic heterocycles. The second-order valence-corrected chi connectivity index (χ2v) is 5.42. The number of rotatable bonds is 5. The topological polar surface area (TPSA) is 63.8 Å². The van der Waals surface area contributed by atoms with E-state index in [0.29, 0.717) is 17.2 Å². The standard InChI is InChI=1S/C19H18N2O3/c1-13(18-8-5-11-23-18)20-21-19(22)14(2)24-17-10-9-15-6-3-4-7-16(15)12-17/h3-12,14H,1-2H3,(H,21,22)/b20-13+/t14-/m0/s1. The fraction of sp³-hybridized carbons (Fsp3) is 0.158. The predicted octanol–water partition coefficient (Wildman–Crippen LogP) is 3.74. The molecule has 0 aliphatic carbocycles. The van der Waals surface area contributed by atoms with Gasteiger partial charge in [0.1, 0.15) is 17.2 Å². The number of benzene rings is 2. The number of amides is 1. The van der Waals surface area contributed by atoms with E-state index in [1.54, 1.807) is 32.2 Å². The first-order valence-corrected chi connectivity index (χ1v) is 7.67. The van der Waals surface area contributed by atoms with E-state index in [2.05, 4.69) is 10.5 Å². The minimum absolute atomic E-state index is 0.325. The monoisotopic (exact) mass is 322 g/mol. The van der Waals surface area contributed by atoms with Crippen molar-refractivity contribution < 1.29 is 13.9 Å². The SMILES string of the molecule is C/C(=N\NC(=O)[C@H](C)Oc1ccc2ccccc2c1)c1ccco1. The highest BCUT2D eigenvalue weighted by Gasteiger charge is 2.14. The first-order valence-electron chi connectivity index (χ1n) is 7.67. The van der Waals surface area contributed by atoms with Crippen LogP contribution in [0.4, 0.5) is 0 Å². The maximum atomic E-state index is 12.1. The fourth-order valence-corrected chi connectivity index (χ4v) is 2.27. The lowest BCUT2D eigenvalue weighted by atomic mass is 10.1. The van der Waals surface area contributed by atoms with E-state index in [-0.39, 0.29) is 5.91 Å². The zero-order valence-corrected chi connectivity index (χ0v) is 13.5. The number of furan rings is 1. The zero-order chi connectivity index (χ0) is 16.9. The third kappa shape index (κ3) is 3.63. The Morgan fingerprint density at radius 1 is 1.12 bits per heavy atom. The van der Waals surface area contributed by atoms with Crippen molar-refractivity contribution in [3.05, 3.63) is 66.6 Å². The van der Waals surface area contributed by atoms with Crippen LogP contribution in [0.25, 0.3) is 10.8 Å². The van der Waals surface area contributed by atoms with E-state index in [1.165, 1.54) is 0 Å². The molecule has 122 valence electrons. The van der Waals surface area contributed by atoms with E-state index in [9.17, 15) is 4.79 Å². The molecule has 5 nitrogen and oxygen atoms in total. The molecule has 2 aromatic carbocycles. The average Bonchev–Trinajstić information content (AvgIpc) is 3.14. The first kappa shape index (κ1) is 15.8. The Bertz CT molecular complexity index is 869. The third-order valence-corrected chi connectivity index (χ3v) is 3.61. The van der Waals surface area contributed by atoms with Crippen LogP contribution in [0.15, 0.2) is 70.4 Å². The van der Waals surface area contributed by atoms with E-state index in [1.807, 2.05) is 42.5 Å². The third-order valence-electron chi connectivity index (χ3n) is 3.61. The second kappa shape index (κ2) is 7.00. The van der Waals surface area contributed by atoms with Crippen molar-refractivity contribution >= 4 is 22.4 Å². The summed E-state index contributed by atoms with van der Waals surface area (Å²) in [6.45, 7) is 3.44. The summed E-state index contributed by atoms with van der Waals surface area (Å²) in [5.41, 5.74) is 3.08. The van der Waals surface area contributed by atoms with Crippen LogP contribution < -0.4 is 10.2 Å². The van der Waals surface area contributed by atoms with Gasteiger partial charge in [0.15, 0.2) is 6.10 Å². The van der Waals surface area contributed by atoms with Gasteiger partial charge in [0, 0.05) is 0 Å². The average molecular weight is 322 g/mol. The minimum Gasteiger partial charge on any atom is -0.481 e. The van der Waals surface area contributed by atoms with Crippen LogP contribution in [-0.4, -0.2) is 17.7 Å². The number of carbonyl (C=O) groups is 1. The molecule has 0 radical (unpaired) electrons. The molecule has 24 heavy (non-hydrogen) atoms. The second-order valence-electron chi connectivity index (χ2n) is 5.42. The van der Waals surface area contributed by atoms with Gasteiger partial charge in [0.2, 0.25) is 0 Å². The number of nitrogens with one attached hydrogen (secondary N) is 1. The summed E-state index contributed by atoms with van der Waals surface area (Å²) < 4.78 is 10.9. The summed E-state index contributed by atoms with van der Waals surface area (Å²) >= 11 is 0. The van der Waals surface area contributed by atoms with Crippen LogP contribution in [0.2, 0.25) is 0 Å². The van der Waals surface area contributed by atoms with Gasteiger partial charge in [-0.3, -0.25) is 4.79 Å². The largest absolute Gasteiger partial charge is 0.481 e. The van der Waals surface area contributed by atoms with Crippen LogP contribution in [0.1, 0.15) is 19.6 Å². The molecule has 1 atom stereocenters. The number of hydrogen-bond acceptors (Lipinski definition) is 4. The summed E-state index contributed by atoms with van der Waals surface area (Å²) in [7, 11) is 0. The quantitative estimate of drug-likeness (QED) is 0.575. The van der Waals surface area contributed by atoms with Crippen molar-refractivity contribution in [2.75, 3.05) is 0 Å². The van der Waals surface area contributed by atoms with E-state index in [0.717, 1.165) is 10.8 Å². The Balaban J connectivity index is 1.63. The molecule has 3 rings (SSSR count). The first-order chi connectivity index (χ1) is 11.6. The molecule has 3 aromatic rings. The van der Waals surface area contributed by atoms with Gasteiger partial charge in [0.05, 0.1) is 6.26 Å². The van der Waals surface area contributed by atoms with Crippen molar-refractivity contribution in [1.29, 1.82) is 0 Å². The Morgan fingerprint density at radius 3 is 2.67 bits per heavy atom. The highest BCUT2D eigenvalue weighted by Crippen LogP contribution is 2.21. The van der Waals surface area contributed by atoms with Crippen LogP contribution in [0, 0.1) is 0 Å². The normalized spacial score (nSPS) is 12.8. The van der Waals surface area contributed by atoms with Gasteiger partial charge >= 0.3 is 0 Å².